The summed E-state index contributed by atoms with van der Waals surface area (Å²) in [6.45, 7) is 7.19. The minimum atomic E-state index is -0.134. The molecule has 0 fully saturated rings. The molecule has 5 aromatic carbocycles. The Morgan fingerprint density at radius 1 is 0.585 bits per heavy atom. The van der Waals surface area contributed by atoms with E-state index in [1.54, 1.807) is 5.57 Å². The lowest BCUT2D eigenvalue weighted by Crippen LogP contribution is -2.37. The molecule has 0 saturated heterocycles. The van der Waals surface area contributed by atoms with E-state index in [-0.39, 0.29) is 5.41 Å². The van der Waals surface area contributed by atoms with Crippen molar-refractivity contribution in [3.63, 3.8) is 0 Å². The summed E-state index contributed by atoms with van der Waals surface area (Å²) in [6.07, 6.45) is 19.6. The molecule has 0 N–H and O–H groups in total. The fourth-order valence-electron chi connectivity index (χ4n) is 10.7. The van der Waals surface area contributed by atoms with Crippen LogP contribution in [0.3, 0.4) is 0 Å². The highest BCUT2D eigenvalue weighted by Crippen LogP contribution is 2.67. The summed E-state index contributed by atoms with van der Waals surface area (Å²) >= 11 is 0. The third kappa shape index (κ3) is 5.04. The maximum absolute atomic E-state index is 2.61. The van der Waals surface area contributed by atoms with E-state index in [1.165, 1.54) is 68.0 Å². The van der Waals surface area contributed by atoms with Crippen LogP contribution in [0.4, 0.5) is 11.4 Å². The summed E-state index contributed by atoms with van der Waals surface area (Å²) in [5.74, 6) is 2.70. The smallest absolute Gasteiger partial charge is 0.0467 e. The maximum atomic E-state index is 2.61. The number of hydrogen-bond acceptors (Lipinski definition) is 1. The number of allylic oxidation sites excluding steroid dienone is 9. The molecule has 260 valence electrons. The summed E-state index contributed by atoms with van der Waals surface area (Å²) in [4.78, 5) is 2.52. The second-order valence-electron chi connectivity index (χ2n) is 16.3. The zero-order valence-electron chi connectivity index (χ0n) is 31.0. The van der Waals surface area contributed by atoms with Crippen molar-refractivity contribution in [3.8, 4) is 11.1 Å². The topological polar surface area (TPSA) is 3.24 Å². The SMILES string of the molecule is CC1C=CC2=C(C1)C1(c3ccccc32)c2cc(N(C3=CC(C)C(c4ccccc4)C=C3)c3ccc(-c4ccccc4)cc3)ccc2C2C=CC(C)CC21. The Morgan fingerprint density at radius 3 is 2.09 bits per heavy atom. The van der Waals surface area contributed by atoms with Crippen molar-refractivity contribution in [1.29, 1.82) is 0 Å². The van der Waals surface area contributed by atoms with E-state index in [2.05, 4.69) is 196 Å². The number of anilines is 2. The molecule has 0 heterocycles. The minimum Gasteiger partial charge on any atom is -0.311 e. The third-order valence-corrected chi connectivity index (χ3v) is 13.1. The van der Waals surface area contributed by atoms with Crippen LogP contribution < -0.4 is 4.90 Å². The van der Waals surface area contributed by atoms with Gasteiger partial charge in [-0.2, -0.15) is 0 Å². The molecule has 1 heteroatoms. The predicted octanol–water partition coefficient (Wildman–Crippen LogP) is 13.3. The summed E-state index contributed by atoms with van der Waals surface area (Å²) in [5.41, 5.74) is 16.5. The first-order chi connectivity index (χ1) is 26.0. The lowest BCUT2D eigenvalue weighted by molar-refractivity contribution is 0.302. The van der Waals surface area contributed by atoms with Crippen molar-refractivity contribution < 1.29 is 0 Å². The molecule has 0 amide bonds. The molecule has 1 spiro atoms. The van der Waals surface area contributed by atoms with Crippen molar-refractivity contribution in [1.82, 2.24) is 0 Å². The van der Waals surface area contributed by atoms with Gasteiger partial charge in [0.2, 0.25) is 0 Å². The molecule has 0 saturated carbocycles. The van der Waals surface area contributed by atoms with Gasteiger partial charge >= 0.3 is 0 Å². The van der Waals surface area contributed by atoms with Gasteiger partial charge in [0.25, 0.3) is 0 Å². The van der Waals surface area contributed by atoms with Crippen LogP contribution in [0.1, 0.15) is 73.3 Å². The first-order valence-electron chi connectivity index (χ1n) is 19.8. The summed E-state index contributed by atoms with van der Waals surface area (Å²) in [6, 6.07) is 47.8. The van der Waals surface area contributed by atoms with Crippen molar-refractivity contribution in [3.05, 3.63) is 209 Å². The monoisotopic (exact) mass is 685 g/mol. The van der Waals surface area contributed by atoms with Crippen molar-refractivity contribution >= 4 is 16.9 Å². The zero-order valence-corrected chi connectivity index (χ0v) is 31.0. The molecule has 5 aliphatic carbocycles. The van der Waals surface area contributed by atoms with Gasteiger partial charge in [0.05, 0.1) is 0 Å². The van der Waals surface area contributed by atoms with Gasteiger partial charge in [0.15, 0.2) is 0 Å². The molecule has 1 nitrogen and oxygen atoms in total. The van der Waals surface area contributed by atoms with Crippen LogP contribution in [0, 0.1) is 23.7 Å². The van der Waals surface area contributed by atoms with Crippen molar-refractivity contribution in [2.45, 2.75) is 50.9 Å². The molecule has 10 rings (SSSR count). The molecule has 0 radical (unpaired) electrons. The van der Waals surface area contributed by atoms with Crippen molar-refractivity contribution in [2.75, 3.05) is 4.90 Å². The van der Waals surface area contributed by atoms with Crippen molar-refractivity contribution in [2.24, 2.45) is 23.7 Å². The molecule has 5 aliphatic rings. The third-order valence-electron chi connectivity index (χ3n) is 13.1. The van der Waals surface area contributed by atoms with E-state index in [9.17, 15) is 0 Å². The Kier molecular flexibility index (Phi) is 7.69. The van der Waals surface area contributed by atoms with E-state index in [4.69, 9.17) is 0 Å². The molecule has 0 bridgehead atoms. The first kappa shape index (κ1) is 32.3. The van der Waals surface area contributed by atoms with E-state index in [0.29, 0.717) is 35.5 Å². The Bertz CT molecular complexity index is 2350. The molecule has 0 aromatic heterocycles. The molecule has 53 heavy (non-hydrogen) atoms. The largest absolute Gasteiger partial charge is 0.311 e. The molecular weight excluding hydrogens is 639 g/mol. The van der Waals surface area contributed by atoms with Gasteiger partial charge in [-0.1, -0.05) is 160 Å². The first-order valence-corrected chi connectivity index (χ1v) is 19.8. The van der Waals surface area contributed by atoms with Crippen LogP contribution in [-0.2, 0) is 5.41 Å². The van der Waals surface area contributed by atoms with Gasteiger partial charge in [-0.3, -0.25) is 0 Å². The van der Waals surface area contributed by atoms with E-state index in [1.807, 2.05) is 0 Å². The Hall–Kier alpha value is -5.40. The van der Waals surface area contributed by atoms with Crippen LogP contribution in [0.5, 0.6) is 0 Å². The van der Waals surface area contributed by atoms with Crippen LogP contribution in [-0.4, -0.2) is 0 Å². The number of nitrogens with zero attached hydrogens (tertiary/aromatic N) is 1. The Labute approximate surface area is 315 Å². The lowest BCUT2D eigenvalue weighted by atomic mass is 9.60. The molecule has 7 unspecified atom stereocenters. The highest BCUT2D eigenvalue weighted by Gasteiger charge is 2.59. The van der Waals surface area contributed by atoms with Gasteiger partial charge in [0, 0.05) is 34.3 Å². The average Bonchev–Trinajstić information content (AvgIpc) is 3.65. The van der Waals surface area contributed by atoms with Crippen LogP contribution >= 0.6 is 0 Å². The van der Waals surface area contributed by atoms with Gasteiger partial charge in [-0.05, 0) is 117 Å². The maximum Gasteiger partial charge on any atom is 0.0467 e. The zero-order chi connectivity index (χ0) is 35.7. The normalized spacial score (nSPS) is 27.6. The van der Waals surface area contributed by atoms with E-state index < -0.39 is 0 Å². The number of fused-ring (bicyclic) bond motifs is 9. The summed E-state index contributed by atoms with van der Waals surface area (Å²) < 4.78 is 0. The van der Waals surface area contributed by atoms with Gasteiger partial charge < -0.3 is 4.90 Å². The number of hydrogen-bond donors (Lipinski definition) is 0. The average molecular weight is 686 g/mol. The Balaban J connectivity index is 1.16. The molecule has 5 aromatic rings. The molecule has 7 atom stereocenters. The second-order valence-corrected chi connectivity index (χ2v) is 16.3. The van der Waals surface area contributed by atoms with Gasteiger partial charge in [0.1, 0.15) is 0 Å². The second kappa shape index (κ2) is 12.6. The number of rotatable bonds is 5. The van der Waals surface area contributed by atoms with E-state index in [0.717, 1.165) is 6.42 Å². The van der Waals surface area contributed by atoms with Crippen LogP contribution in [0.25, 0.3) is 16.7 Å². The fourth-order valence-corrected chi connectivity index (χ4v) is 10.7. The standard InChI is InChI=1S/C52H47N/c1-34-18-26-45-44-16-10-11-17-48(44)52(49(45)30-34)50-31-35(2)19-27-46(50)47-29-25-42(33-51(47)52)53(40-22-20-38(21-23-40)37-12-6-4-7-13-37)41-24-28-43(36(3)32-41)39-14-8-5-9-15-39/h4-29,32-36,43,46,50H,30-31H2,1-3H3. The minimum absolute atomic E-state index is 0.134. The predicted molar refractivity (Wildman–Crippen MR) is 222 cm³/mol. The van der Waals surface area contributed by atoms with Gasteiger partial charge in [-0.15, -0.1) is 0 Å². The number of benzene rings is 5. The highest BCUT2D eigenvalue weighted by molar-refractivity contribution is 5.91. The molecule has 0 aliphatic heterocycles. The van der Waals surface area contributed by atoms with Gasteiger partial charge in [-0.25, -0.2) is 0 Å². The quantitative estimate of drug-likeness (QED) is 0.166. The summed E-state index contributed by atoms with van der Waals surface area (Å²) in [7, 11) is 0. The van der Waals surface area contributed by atoms with Crippen LogP contribution in [0.2, 0.25) is 0 Å². The molecular formula is C52H47N. The van der Waals surface area contributed by atoms with Crippen LogP contribution in [0.15, 0.2) is 181 Å². The fraction of sp³-hybridized carbons (Fsp3) is 0.231. The lowest BCUT2D eigenvalue weighted by Gasteiger charge is -2.42. The Morgan fingerprint density at radius 2 is 1.30 bits per heavy atom. The summed E-state index contributed by atoms with van der Waals surface area (Å²) in [5, 5.41) is 0. The highest BCUT2D eigenvalue weighted by atomic mass is 15.1. The van der Waals surface area contributed by atoms with E-state index >= 15 is 0 Å².